The second-order valence-corrected chi connectivity index (χ2v) is 3.06. The van der Waals surface area contributed by atoms with E-state index >= 15 is 0 Å². The Hall–Kier alpha value is -1.40. The van der Waals surface area contributed by atoms with Crippen LogP contribution in [0, 0.1) is 6.92 Å². The van der Waals surface area contributed by atoms with Gasteiger partial charge in [0.05, 0.1) is 19.3 Å². The molecule has 14 heavy (non-hydrogen) atoms. The molecule has 0 radical (unpaired) electrons. The van der Waals surface area contributed by atoms with Crippen LogP contribution in [0.4, 0.5) is 0 Å². The molecular formula is C8H12N2O4. The van der Waals surface area contributed by atoms with Crippen LogP contribution in [0.1, 0.15) is 5.56 Å². The number of hydrogen-bond donors (Lipinski definition) is 3. The predicted octanol–water partition coefficient (Wildman–Crippen LogP) is -1.80. The van der Waals surface area contributed by atoms with Gasteiger partial charge < -0.3 is 10.2 Å². The lowest BCUT2D eigenvalue weighted by molar-refractivity contribution is 0.0799. The first kappa shape index (κ1) is 10.7. The molecule has 1 atom stereocenters. The summed E-state index contributed by atoms with van der Waals surface area (Å²) in [4.78, 5) is 24.2. The number of aryl methyl sites for hydroxylation is 1. The van der Waals surface area contributed by atoms with Gasteiger partial charge in [0.25, 0.3) is 5.56 Å². The number of aliphatic hydroxyl groups is 2. The van der Waals surface area contributed by atoms with Crippen molar-refractivity contribution in [3.8, 4) is 0 Å². The SMILES string of the molecule is Cc1cn(C[C@@H](O)CO)c(=O)[nH]c1=O. The summed E-state index contributed by atoms with van der Waals surface area (Å²) in [6.45, 7) is 1.09. The Kier molecular flexibility index (Phi) is 3.21. The van der Waals surface area contributed by atoms with Crippen molar-refractivity contribution in [2.75, 3.05) is 6.61 Å². The van der Waals surface area contributed by atoms with E-state index in [2.05, 4.69) is 4.98 Å². The Morgan fingerprint density at radius 2 is 2.21 bits per heavy atom. The van der Waals surface area contributed by atoms with Crippen LogP contribution in [0.3, 0.4) is 0 Å². The van der Waals surface area contributed by atoms with E-state index in [1.807, 2.05) is 0 Å². The number of aromatic amines is 1. The number of hydrogen-bond acceptors (Lipinski definition) is 4. The molecule has 0 saturated heterocycles. The molecule has 1 rings (SSSR count). The Balaban J connectivity index is 3.04. The van der Waals surface area contributed by atoms with E-state index in [1.165, 1.54) is 6.20 Å². The van der Waals surface area contributed by atoms with Crippen molar-refractivity contribution in [3.05, 3.63) is 32.6 Å². The zero-order chi connectivity index (χ0) is 10.7. The van der Waals surface area contributed by atoms with Gasteiger partial charge in [-0.2, -0.15) is 0 Å². The molecule has 0 unspecified atom stereocenters. The molecule has 3 N–H and O–H groups in total. The van der Waals surface area contributed by atoms with Gasteiger partial charge in [-0.05, 0) is 6.92 Å². The average Bonchev–Trinajstić information content (AvgIpc) is 2.14. The van der Waals surface area contributed by atoms with Gasteiger partial charge >= 0.3 is 5.69 Å². The summed E-state index contributed by atoms with van der Waals surface area (Å²) in [5, 5.41) is 17.7. The topological polar surface area (TPSA) is 95.3 Å². The average molecular weight is 200 g/mol. The van der Waals surface area contributed by atoms with Gasteiger partial charge in [-0.1, -0.05) is 0 Å². The first-order valence-electron chi connectivity index (χ1n) is 4.14. The van der Waals surface area contributed by atoms with Crippen LogP contribution in [0.5, 0.6) is 0 Å². The van der Waals surface area contributed by atoms with E-state index in [4.69, 9.17) is 10.2 Å². The summed E-state index contributed by atoms with van der Waals surface area (Å²) in [5.41, 5.74) is -0.646. The third-order valence-electron chi connectivity index (χ3n) is 1.81. The highest BCUT2D eigenvalue weighted by atomic mass is 16.3. The Labute approximate surface area is 79.5 Å². The molecule has 0 aliphatic rings. The maximum Gasteiger partial charge on any atom is 0.328 e. The summed E-state index contributed by atoms with van der Waals surface area (Å²) in [6.07, 6.45) is 0.345. The van der Waals surface area contributed by atoms with Crippen LogP contribution in [-0.4, -0.2) is 32.5 Å². The molecule has 0 spiro atoms. The Morgan fingerprint density at radius 1 is 1.57 bits per heavy atom. The highest BCUT2D eigenvalue weighted by Gasteiger charge is 2.06. The molecule has 0 aliphatic carbocycles. The van der Waals surface area contributed by atoms with Gasteiger partial charge in [-0.15, -0.1) is 0 Å². The van der Waals surface area contributed by atoms with E-state index in [1.54, 1.807) is 6.92 Å². The third-order valence-corrected chi connectivity index (χ3v) is 1.81. The van der Waals surface area contributed by atoms with Crippen LogP contribution in [0.25, 0.3) is 0 Å². The van der Waals surface area contributed by atoms with Gasteiger partial charge in [0.2, 0.25) is 0 Å². The molecule has 0 aliphatic heterocycles. The Morgan fingerprint density at radius 3 is 2.79 bits per heavy atom. The molecule has 0 aromatic carbocycles. The first-order chi connectivity index (χ1) is 6.54. The summed E-state index contributed by atoms with van der Waals surface area (Å²) in [7, 11) is 0. The Bertz CT molecular complexity index is 420. The molecule has 1 heterocycles. The molecule has 0 saturated carbocycles. The number of aliphatic hydroxyl groups excluding tert-OH is 2. The van der Waals surface area contributed by atoms with Crippen molar-refractivity contribution in [1.29, 1.82) is 0 Å². The molecule has 1 aromatic rings. The van der Waals surface area contributed by atoms with E-state index in [-0.39, 0.29) is 6.54 Å². The fourth-order valence-corrected chi connectivity index (χ4v) is 1.04. The molecule has 6 nitrogen and oxygen atoms in total. The standard InChI is InChI=1S/C8H12N2O4/c1-5-2-10(3-6(12)4-11)8(14)9-7(5)13/h2,6,11-12H,3-4H2,1H3,(H,9,13,14)/t6-/m1/s1. The van der Waals surface area contributed by atoms with Crippen molar-refractivity contribution in [3.63, 3.8) is 0 Å². The van der Waals surface area contributed by atoms with E-state index in [0.29, 0.717) is 5.56 Å². The first-order valence-corrected chi connectivity index (χ1v) is 4.14. The zero-order valence-electron chi connectivity index (χ0n) is 7.73. The van der Waals surface area contributed by atoms with Crippen molar-refractivity contribution in [2.45, 2.75) is 19.6 Å². The predicted molar refractivity (Wildman–Crippen MR) is 49.2 cm³/mol. The molecule has 78 valence electrons. The minimum Gasteiger partial charge on any atom is -0.394 e. The summed E-state index contributed by atoms with van der Waals surface area (Å²) in [6, 6.07) is 0. The molecule has 1 aromatic heterocycles. The minimum atomic E-state index is -1.00. The van der Waals surface area contributed by atoms with Crippen molar-refractivity contribution >= 4 is 0 Å². The largest absolute Gasteiger partial charge is 0.394 e. The molecule has 0 amide bonds. The lowest BCUT2D eigenvalue weighted by atomic mass is 10.3. The lowest BCUT2D eigenvalue weighted by Gasteiger charge is -2.09. The maximum absolute atomic E-state index is 11.2. The third kappa shape index (κ3) is 2.30. The van der Waals surface area contributed by atoms with Gasteiger partial charge in [0.15, 0.2) is 0 Å². The fourth-order valence-electron chi connectivity index (χ4n) is 1.04. The maximum atomic E-state index is 11.2. The van der Waals surface area contributed by atoms with Crippen molar-refractivity contribution in [1.82, 2.24) is 9.55 Å². The van der Waals surface area contributed by atoms with Crippen molar-refractivity contribution in [2.24, 2.45) is 0 Å². The van der Waals surface area contributed by atoms with Gasteiger partial charge in [-0.25, -0.2) is 4.79 Å². The van der Waals surface area contributed by atoms with Crippen LogP contribution in [-0.2, 0) is 6.54 Å². The lowest BCUT2D eigenvalue weighted by Crippen LogP contribution is -2.34. The van der Waals surface area contributed by atoms with Crippen LogP contribution in [0.2, 0.25) is 0 Å². The highest BCUT2D eigenvalue weighted by Crippen LogP contribution is 1.88. The minimum absolute atomic E-state index is 0.0348. The molecular weight excluding hydrogens is 188 g/mol. The number of H-pyrrole nitrogens is 1. The van der Waals surface area contributed by atoms with Crippen LogP contribution >= 0.6 is 0 Å². The van der Waals surface area contributed by atoms with Crippen LogP contribution in [0.15, 0.2) is 15.8 Å². The second-order valence-electron chi connectivity index (χ2n) is 3.06. The zero-order valence-corrected chi connectivity index (χ0v) is 7.73. The second kappa shape index (κ2) is 4.21. The van der Waals surface area contributed by atoms with Gasteiger partial charge in [0, 0.05) is 11.8 Å². The van der Waals surface area contributed by atoms with Gasteiger partial charge in [-0.3, -0.25) is 14.3 Å². The van der Waals surface area contributed by atoms with Crippen molar-refractivity contribution < 1.29 is 10.2 Å². The smallest absolute Gasteiger partial charge is 0.328 e. The quantitative estimate of drug-likeness (QED) is 0.536. The number of nitrogens with one attached hydrogen (secondary N) is 1. The monoisotopic (exact) mass is 200 g/mol. The van der Waals surface area contributed by atoms with Crippen LogP contribution < -0.4 is 11.2 Å². The molecule has 0 fully saturated rings. The van der Waals surface area contributed by atoms with Gasteiger partial charge in [0.1, 0.15) is 0 Å². The fraction of sp³-hybridized carbons (Fsp3) is 0.500. The number of aromatic nitrogens is 2. The summed E-state index contributed by atoms with van der Waals surface area (Å²) in [5.74, 6) is 0. The van der Waals surface area contributed by atoms with E-state index in [9.17, 15) is 9.59 Å². The number of nitrogens with zero attached hydrogens (tertiary/aromatic N) is 1. The number of rotatable bonds is 3. The summed E-state index contributed by atoms with van der Waals surface area (Å²) < 4.78 is 1.15. The highest BCUT2D eigenvalue weighted by molar-refractivity contribution is 5.00. The normalized spacial score (nSPS) is 12.8. The molecule has 0 bridgehead atoms. The summed E-state index contributed by atoms with van der Waals surface area (Å²) >= 11 is 0. The van der Waals surface area contributed by atoms with E-state index < -0.39 is 24.0 Å². The van der Waals surface area contributed by atoms with E-state index in [0.717, 1.165) is 4.57 Å². The molecule has 6 heteroatoms.